The van der Waals surface area contributed by atoms with Gasteiger partial charge in [0.15, 0.2) is 6.29 Å². The minimum absolute atomic E-state index is 0.0984. The molecule has 0 spiro atoms. The SMILES string of the molecule is CC(C)CCC[C@@H](C)[C@H]1CCC2C3CC=C4CC(O[C@@H]5O[C@H](CO)[C@H](O)[C@H](O)[C@H]5O)CC[C@]4(C)C3CC[C@@]21C. The van der Waals surface area contributed by atoms with Gasteiger partial charge in [-0.15, -0.1) is 0 Å². The molecule has 0 bridgehead atoms. The van der Waals surface area contributed by atoms with Crippen molar-refractivity contribution in [1.29, 1.82) is 0 Å². The quantitative estimate of drug-likeness (QED) is 0.311. The lowest BCUT2D eigenvalue weighted by atomic mass is 9.47. The number of hydrogen-bond donors (Lipinski definition) is 4. The Labute approximate surface area is 236 Å². The standard InChI is InChI=1S/C33H56O6/c1-19(2)7-6-8-20(3)24-11-12-25-23-10-9-21-17-22(13-15-32(21,4)26(23)14-16-33(24,25)5)38-31-30(37)29(36)28(35)27(18-34)39-31/h9,19-20,22-31,34-37H,6-8,10-18H2,1-5H3/t20-,22?,23?,24-,25?,26?,27-,28+,29+,30-,31-,32+,33-/m1/s1. The molecule has 1 aliphatic heterocycles. The molecule has 4 N–H and O–H groups in total. The number of fused-ring (bicyclic) bond motifs is 5. The van der Waals surface area contributed by atoms with Crippen molar-refractivity contribution in [2.24, 2.45) is 46.3 Å². The predicted octanol–water partition coefficient (Wildman–Crippen LogP) is 5.21. The molecule has 0 aromatic heterocycles. The molecule has 0 amide bonds. The third-order valence-corrected chi connectivity index (χ3v) is 12.4. The third kappa shape index (κ3) is 5.41. The molecule has 224 valence electrons. The number of ether oxygens (including phenoxy) is 2. The van der Waals surface area contributed by atoms with Crippen molar-refractivity contribution in [3.63, 3.8) is 0 Å². The lowest BCUT2D eigenvalue weighted by Gasteiger charge is -2.58. The van der Waals surface area contributed by atoms with Gasteiger partial charge in [0, 0.05) is 0 Å². The summed E-state index contributed by atoms with van der Waals surface area (Å²) < 4.78 is 11.9. The number of aliphatic hydroxyl groups excluding tert-OH is 4. The Balaban J connectivity index is 1.24. The minimum atomic E-state index is -1.39. The molecule has 4 aliphatic carbocycles. The van der Waals surface area contributed by atoms with Gasteiger partial charge < -0.3 is 29.9 Å². The van der Waals surface area contributed by atoms with E-state index >= 15 is 0 Å². The maximum absolute atomic E-state index is 10.5. The number of rotatable bonds is 8. The van der Waals surface area contributed by atoms with E-state index in [0.29, 0.717) is 5.41 Å². The van der Waals surface area contributed by atoms with E-state index in [2.05, 4.69) is 40.7 Å². The van der Waals surface area contributed by atoms with Crippen molar-refractivity contribution in [3.8, 4) is 0 Å². The molecule has 5 rings (SSSR count). The molecule has 4 unspecified atom stereocenters. The zero-order valence-electron chi connectivity index (χ0n) is 25.1. The summed E-state index contributed by atoms with van der Waals surface area (Å²) in [5.41, 5.74) is 2.20. The average molecular weight is 549 g/mol. The summed E-state index contributed by atoms with van der Waals surface area (Å²) in [5, 5.41) is 40.3. The molecule has 1 heterocycles. The summed E-state index contributed by atoms with van der Waals surface area (Å²) in [6.45, 7) is 12.0. The molecule has 39 heavy (non-hydrogen) atoms. The number of hydrogen-bond acceptors (Lipinski definition) is 6. The molecule has 0 aromatic carbocycles. The number of aliphatic hydroxyl groups is 4. The van der Waals surface area contributed by atoms with Crippen LogP contribution in [0.1, 0.15) is 105 Å². The van der Waals surface area contributed by atoms with E-state index in [-0.39, 0.29) is 11.5 Å². The molecule has 6 heteroatoms. The first-order valence-corrected chi connectivity index (χ1v) is 16.1. The summed E-state index contributed by atoms with van der Waals surface area (Å²) in [7, 11) is 0. The van der Waals surface area contributed by atoms with Crippen LogP contribution < -0.4 is 0 Å². The molecule has 0 aromatic rings. The molecule has 6 nitrogen and oxygen atoms in total. The van der Waals surface area contributed by atoms with Crippen LogP contribution in [-0.2, 0) is 9.47 Å². The highest BCUT2D eigenvalue weighted by molar-refractivity contribution is 5.25. The molecule has 1 saturated heterocycles. The van der Waals surface area contributed by atoms with Crippen LogP contribution in [0, 0.1) is 46.3 Å². The maximum Gasteiger partial charge on any atom is 0.186 e. The van der Waals surface area contributed by atoms with Gasteiger partial charge in [-0.1, -0.05) is 65.5 Å². The normalized spacial score (nSPS) is 48.7. The van der Waals surface area contributed by atoms with E-state index < -0.39 is 37.3 Å². The molecule has 0 radical (unpaired) electrons. The van der Waals surface area contributed by atoms with Gasteiger partial charge in [-0.3, -0.25) is 0 Å². The van der Waals surface area contributed by atoms with Crippen molar-refractivity contribution in [2.75, 3.05) is 6.61 Å². The Kier molecular flexibility index (Phi) is 8.95. The average Bonchev–Trinajstić information content (AvgIpc) is 3.26. The first-order valence-electron chi connectivity index (χ1n) is 16.1. The summed E-state index contributed by atoms with van der Waals surface area (Å²) in [5.74, 6) is 4.87. The predicted molar refractivity (Wildman–Crippen MR) is 152 cm³/mol. The highest BCUT2D eigenvalue weighted by Gasteiger charge is 2.59. The fourth-order valence-corrected chi connectivity index (χ4v) is 10.1. The smallest absolute Gasteiger partial charge is 0.186 e. The monoisotopic (exact) mass is 548 g/mol. The fourth-order valence-electron chi connectivity index (χ4n) is 10.1. The summed E-state index contributed by atoms with van der Waals surface area (Å²) in [4.78, 5) is 0. The number of allylic oxidation sites excluding steroid dienone is 1. The van der Waals surface area contributed by atoms with Gasteiger partial charge >= 0.3 is 0 Å². The van der Waals surface area contributed by atoms with E-state index in [9.17, 15) is 20.4 Å². The Morgan fingerprint density at radius 2 is 1.72 bits per heavy atom. The van der Waals surface area contributed by atoms with Gasteiger partial charge in [0.1, 0.15) is 24.4 Å². The Morgan fingerprint density at radius 3 is 2.44 bits per heavy atom. The van der Waals surface area contributed by atoms with Gasteiger partial charge in [-0.05, 0) is 97.7 Å². The van der Waals surface area contributed by atoms with Crippen LogP contribution in [0.2, 0.25) is 0 Å². The maximum atomic E-state index is 10.5. The topological polar surface area (TPSA) is 99.4 Å². The van der Waals surface area contributed by atoms with Crippen molar-refractivity contribution in [3.05, 3.63) is 11.6 Å². The van der Waals surface area contributed by atoms with Crippen LogP contribution in [0.15, 0.2) is 11.6 Å². The molecule has 4 fully saturated rings. The first-order chi connectivity index (χ1) is 18.5. The van der Waals surface area contributed by atoms with Gasteiger partial charge in [0.05, 0.1) is 12.7 Å². The highest BCUT2D eigenvalue weighted by atomic mass is 16.7. The molecule has 13 atom stereocenters. The van der Waals surface area contributed by atoms with Crippen LogP contribution in [0.25, 0.3) is 0 Å². The zero-order valence-corrected chi connectivity index (χ0v) is 25.1. The Bertz CT molecular complexity index is 872. The minimum Gasteiger partial charge on any atom is -0.394 e. The van der Waals surface area contributed by atoms with Crippen LogP contribution in [-0.4, -0.2) is 63.8 Å². The second-order valence-electron chi connectivity index (χ2n) is 15.0. The second kappa shape index (κ2) is 11.6. The van der Waals surface area contributed by atoms with Crippen LogP contribution in [0.3, 0.4) is 0 Å². The van der Waals surface area contributed by atoms with E-state index in [1.165, 1.54) is 56.9 Å². The zero-order chi connectivity index (χ0) is 28.1. The summed E-state index contributed by atoms with van der Waals surface area (Å²) in [6.07, 6.45) is 9.98. The third-order valence-electron chi connectivity index (χ3n) is 12.4. The summed E-state index contributed by atoms with van der Waals surface area (Å²) >= 11 is 0. The Hall–Kier alpha value is -0.500. The molecular weight excluding hydrogens is 492 g/mol. The molecular formula is C33H56O6. The highest BCUT2D eigenvalue weighted by Crippen LogP contribution is 2.67. The van der Waals surface area contributed by atoms with E-state index in [0.717, 1.165) is 54.8 Å². The van der Waals surface area contributed by atoms with E-state index in [1.807, 2.05) is 0 Å². The Morgan fingerprint density at radius 1 is 0.949 bits per heavy atom. The van der Waals surface area contributed by atoms with Crippen molar-refractivity contribution >= 4 is 0 Å². The van der Waals surface area contributed by atoms with Gasteiger partial charge in [-0.2, -0.15) is 0 Å². The van der Waals surface area contributed by atoms with Gasteiger partial charge in [-0.25, -0.2) is 0 Å². The van der Waals surface area contributed by atoms with E-state index in [1.54, 1.807) is 0 Å². The fraction of sp³-hybridized carbons (Fsp3) is 0.939. The summed E-state index contributed by atoms with van der Waals surface area (Å²) in [6, 6.07) is 0. The van der Waals surface area contributed by atoms with Crippen molar-refractivity contribution in [1.82, 2.24) is 0 Å². The van der Waals surface area contributed by atoms with Crippen molar-refractivity contribution < 1.29 is 29.9 Å². The van der Waals surface area contributed by atoms with Gasteiger partial charge in [0.25, 0.3) is 0 Å². The largest absolute Gasteiger partial charge is 0.394 e. The van der Waals surface area contributed by atoms with Crippen molar-refractivity contribution in [2.45, 2.75) is 142 Å². The molecule has 3 saturated carbocycles. The van der Waals surface area contributed by atoms with Crippen LogP contribution in [0.4, 0.5) is 0 Å². The van der Waals surface area contributed by atoms with Crippen LogP contribution in [0.5, 0.6) is 0 Å². The lowest BCUT2D eigenvalue weighted by Crippen LogP contribution is -2.60. The van der Waals surface area contributed by atoms with E-state index in [4.69, 9.17) is 9.47 Å². The molecule has 5 aliphatic rings. The van der Waals surface area contributed by atoms with Gasteiger partial charge in [0.2, 0.25) is 0 Å². The first kappa shape index (κ1) is 30.0. The second-order valence-corrected chi connectivity index (χ2v) is 15.0. The lowest BCUT2D eigenvalue weighted by molar-refractivity contribution is -0.313. The van der Waals surface area contributed by atoms with Crippen LogP contribution >= 0.6 is 0 Å².